The second-order valence-electron chi connectivity index (χ2n) is 11.2. The second-order valence-corrected chi connectivity index (χ2v) is 15.5. The third kappa shape index (κ3) is 6.66. The summed E-state index contributed by atoms with van der Waals surface area (Å²) in [5.74, 6) is -5.66. The molecule has 0 bridgehead atoms. The summed E-state index contributed by atoms with van der Waals surface area (Å²) in [7, 11) is 0. The number of carboxylic acid groups (broad SMARTS) is 2. The van der Waals surface area contributed by atoms with Gasteiger partial charge in [0.25, 0.3) is 11.8 Å². The Morgan fingerprint density at radius 2 is 2.02 bits per heavy atom. The summed E-state index contributed by atoms with van der Waals surface area (Å²) in [5, 5.41) is 46.1. The molecule has 3 fully saturated rings. The van der Waals surface area contributed by atoms with Gasteiger partial charge in [-0.25, -0.2) is 14.6 Å². The first-order valence-corrected chi connectivity index (χ1v) is 17.1. The minimum absolute atomic E-state index is 0.0214. The third-order valence-electron chi connectivity index (χ3n) is 7.63. The van der Waals surface area contributed by atoms with Gasteiger partial charge in [-0.1, -0.05) is 16.8 Å². The molecular weight excluding hydrogens is 716 g/mol. The van der Waals surface area contributed by atoms with Gasteiger partial charge in [-0.3, -0.25) is 14.4 Å². The first kappa shape index (κ1) is 35.3. The highest BCUT2D eigenvalue weighted by Crippen LogP contribution is 2.53. The number of benzene rings is 1. The number of thiazole rings is 1. The van der Waals surface area contributed by atoms with Gasteiger partial charge in [-0.2, -0.15) is 0 Å². The molecule has 0 saturated carbocycles. The van der Waals surface area contributed by atoms with Crippen molar-refractivity contribution in [1.82, 2.24) is 20.1 Å². The number of fused-ring (bicyclic) bond motifs is 1. The maximum atomic E-state index is 13.4. The summed E-state index contributed by atoms with van der Waals surface area (Å²) >= 11 is 9.07. The number of thioether (sulfide) groups is 2. The molecule has 2 aromatic rings. The number of nitrogens with one attached hydrogen (secondary N) is 1. The van der Waals surface area contributed by atoms with Crippen LogP contribution in [-0.4, -0.2) is 130 Å². The molecule has 1 aromatic carbocycles. The first-order chi connectivity index (χ1) is 22.6. The second kappa shape index (κ2) is 13.5. The van der Waals surface area contributed by atoms with Crippen molar-refractivity contribution in [2.75, 3.05) is 37.8 Å². The van der Waals surface area contributed by atoms with E-state index in [2.05, 4.69) is 15.5 Å². The van der Waals surface area contributed by atoms with E-state index >= 15 is 0 Å². The number of nitrogens with zero attached hydrogens (tertiary/aromatic N) is 4. The number of carbonyl (C=O) groups excluding carboxylic acids is 3. The Balaban J connectivity index is 1.30. The molecule has 21 heteroatoms. The van der Waals surface area contributed by atoms with E-state index in [0.717, 1.165) is 40.9 Å². The van der Waals surface area contributed by atoms with E-state index in [9.17, 15) is 44.4 Å². The van der Waals surface area contributed by atoms with E-state index in [1.165, 1.54) is 35.1 Å². The quantitative estimate of drug-likeness (QED) is 0.0806. The van der Waals surface area contributed by atoms with Gasteiger partial charge in [0.2, 0.25) is 11.5 Å². The zero-order chi connectivity index (χ0) is 35.1. The molecule has 258 valence electrons. The molecule has 0 radical (unpaired) electrons. The Labute approximate surface area is 289 Å². The number of anilines is 1. The fourth-order valence-electron chi connectivity index (χ4n) is 4.85. The van der Waals surface area contributed by atoms with Crippen LogP contribution >= 0.6 is 46.5 Å². The van der Waals surface area contributed by atoms with Crippen LogP contribution in [0.15, 0.2) is 22.7 Å². The largest absolute Gasteiger partial charge is 0.504 e. The Morgan fingerprint density at radius 1 is 1.29 bits per heavy atom. The van der Waals surface area contributed by atoms with Crippen molar-refractivity contribution in [1.29, 1.82) is 0 Å². The number of morpholine rings is 1. The maximum absolute atomic E-state index is 13.4. The average Bonchev–Trinajstić information content (AvgIpc) is 3.63. The molecule has 3 saturated heterocycles. The Hall–Kier alpha value is -3.98. The number of carbonyl (C=O) groups is 5. The number of aromatic hydroxyl groups is 2. The number of β-lactam (4-membered cyclic amide) rings is 1. The fourth-order valence-corrected chi connectivity index (χ4v) is 8.83. The normalized spacial score (nSPS) is 24.1. The van der Waals surface area contributed by atoms with Crippen molar-refractivity contribution < 1.29 is 54.0 Å². The highest BCUT2D eigenvalue weighted by atomic mass is 35.5. The van der Waals surface area contributed by atoms with E-state index in [1.807, 2.05) is 0 Å². The van der Waals surface area contributed by atoms with Gasteiger partial charge >= 0.3 is 11.9 Å². The number of aromatic nitrogens is 1. The standard InChI is InChI=1S/C27H29ClN6O11S3/c1-26(2,23(40)41)45-32-16(13-9-46-25(29)30-13)19(37)31-17-21(39)34-10-27(24(42)43,48-22(17)34)47-8-11-7-44-6-5-33(11)20(38)12-3-4-14(35)18(36)15(12)28/h3-4,9,11,17,22,35-36H,5-8,10H2,1-2H3,(H2,29,30)(H,31,37)(H,40,41)(H,42,43)/b32-16-/t11?,17?,22-,27-/m1/s1. The molecular formula is C27H29ClN6O11S3. The van der Waals surface area contributed by atoms with Gasteiger partial charge in [0, 0.05) is 17.7 Å². The molecule has 3 aliphatic rings. The van der Waals surface area contributed by atoms with Crippen LogP contribution in [0.1, 0.15) is 29.9 Å². The van der Waals surface area contributed by atoms with Gasteiger partial charge in [-0.05, 0) is 26.0 Å². The summed E-state index contributed by atoms with van der Waals surface area (Å²) in [6.45, 7) is 2.67. The van der Waals surface area contributed by atoms with Crippen molar-refractivity contribution in [2.45, 2.75) is 41.0 Å². The average molecular weight is 745 g/mol. The lowest BCUT2D eigenvalue weighted by Gasteiger charge is -2.41. The van der Waals surface area contributed by atoms with Crippen LogP contribution in [0, 0.1) is 0 Å². The lowest BCUT2D eigenvalue weighted by molar-refractivity contribution is -0.161. The topological polar surface area (TPSA) is 255 Å². The molecule has 3 amide bonds. The van der Waals surface area contributed by atoms with Crippen molar-refractivity contribution in [2.24, 2.45) is 5.16 Å². The molecule has 5 rings (SSSR count). The van der Waals surface area contributed by atoms with E-state index in [1.54, 1.807) is 0 Å². The number of nitrogens with two attached hydrogens (primary N) is 1. The highest BCUT2D eigenvalue weighted by molar-refractivity contribution is 8.20. The first-order valence-electron chi connectivity index (χ1n) is 14.0. The smallest absolute Gasteiger partial charge is 0.350 e. The molecule has 4 heterocycles. The Morgan fingerprint density at radius 3 is 2.67 bits per heavy atom. The van der Waals surface area contributed by atoms with Gasteiger partial charge in [0.1, 0.15) is 17.1 Å². The van der Waals surface area contributed by atoms with Crippen LogP contribution in [0.4, 0.5) is 5.13 Å². The van der Waals surface area contributed by atoms with E-state index < -0.39 is 74.0 Å². The van der Waals surface area contributed by atoms with Crippen molar-refractivity contribution in [3.05, 3.63) is 33.8 Å². The number of rotatable bonds is 11. The van der Waals surface area contributed by atoms with Gasteiger partial charge in [-0.15, -0.1) is 34.9 Å². The van der Waals surface area contributed by atoms with Crippen LogP contribution in [0.3, 0.4) is 0 Å². The van der Waals surface area contributed by atoms with E-state index in [0.29, 0.717) is 0 Å². The van der Waals surface area contributed by atoms with Crippen LogP contribution in [0.25, 0.3) is 0 Å². The van der Waals surface area contributed by atoms with Gasteiger partial charge in [0.15, 0.2) is 26.4 Å². The lowest BCUT2D eigenvalue weighted by Crippen LogP contribution is -2.68. The number of oxime groups is 1. The van der Waals surface area contributed by atoms with E-state index in [4.69, 9.17) is 26.9 Å². The number of nitrogen functional groups attached to an aromatic ring is 1. The number of phenolic OH excluding ortho intramolecular Hbond substituents is 2. The zero-order valence-electron chi connectivity index (χ0n) is 25.1. The maximum Gasteiger partial charge on any atom is 0.350 e. The van der Waals surface area contributed by atoms with Crippen molar-refractivity contribution >= 4 is 87.0 Å². The number of carboxylic acids is 2. The predicted molar refractivity (Wildman–Crippen MR) is 174 cm³/mol. The lowest BCUT2D eigenvalue weighted by atomic mass is 10.1. The van der Waals surface area contributed by atoms with Crippen LogP contribution < -0.4 is 11.1 Å². The molecule has 7 N–H and O–H groups in total. The Bertz CT molecular complexity index is 1710. The number of amides is 3. The molecule has 4 atom stereocenters. The number of aliphatic carboxylic acids is 2. The van der Waals surface area contributed by atoms with Crippen LogP contribution in [0.5, 0.6) is 11.5 Å². The number of hydrogen-bond acceptors (Lipinski definition) is 15. The molecule has 2 unspecified atom stereocenters. The summed E-state index contributed by atoms with van der Waals surface area (Å²) in [6, 6.07) is 0.640. The summed E-state index contributed by atoms with van der Waals surface area (Å²) in [6.07, 6.45) is 0. The Kier molecular flexibility index (Phi) is 9.93. The molecule has 1 aromatic heterocycles. The minimum Gasteiger partial charge on any atom is -0.504 e. The monoisotopic (exact) mass is 744 g/mol. The molecule has 0 aliphatic carbocycles. The zero-order valence-corrected chi connectivity index (χ0v) is 28.3. The SMILES string of the molecule is CC(C)(O/N=C(\C(=O)NC1C(=O)N2C[C@](SCC3COCCN3C(=O)c3ccc(O)c(O)c3Cl)(C(=O)O)S[C@H]12)c1csc(N)n1)C(=O)O. The minimum atomic E-state index is -1.81. The predicted octanol–water partition coefficient (Wildman–Crippen LogP) is 0.829. The summed E-state index contributed by atoms with van der Waals surface area (Å²) in [5.41, 5.74) is 3.38. The summed E-state index contributed by atoms with van der Waals surface area (Å²) < 4.78 is 3.99. The molecule has 48 heavy (non-hydrogen) atoms. The summed E-state index contributed by atoms with van der Waals surface area (Å²) in [4.78, 5) is 75.9. The van der Waals surface area contributed by atoms with E-state index in [-0.39, 0.29) is 53.5 Å². The molecule has 17 nitrogen and oxygen atoms in total. The highest BCUT2D eigenvalue weighted by Gasteiger charge is 2.63. The van der Waals surface area contributed by atoms with Gasteiger partial charge in [0.05, 0.1) is 36.4 Å². The number of ether oxygens (including phenoxy) is 1. The van der Waals surface area contributed by atoms with Crippen molar-refractivity contribution in [3.8, 4) is 11.5 Å². The molecule has 3 aliphatic heterocycles. The fraction of sp³-hybridized carbons (Fsp3) is 0.444. The number of hydrogen-bond donors (Lipinski definition) is 6. The third-order valence-corrected chi connectivity index (χ3v) is 12.1. The molecule has 0 spiro atoms. The van der Waals surface area contributed by atoms with Gasteiger partial charge < -0.3 is 50.9 Å². The van der Waals surface area contributed by atoms with Crippen LogP contribution in [0.2, 0.25) is 5.02 Å². The van der Waals surface area contributed by atoms with Crippen LogP contribution in [-0.2, 0) is 28.8 Å². The number of halogens is 1. The van der Waals surface area contributed by atoms with Crippen molar-refractivity contribution in [3.63, 3.8) is 0 Å². The number of phenols is 2.